The molecule has 0 aromatic rings. The minimum Gasteiger partial charge on any atom is -0.378 e. The molecule has 0 aromatic heterocycles. The molecule has 0 spiro atoms. The van der Waals surface area contributed by atoms with Gasteiger partial charge in [0.05, 0.1) is 18.5 Å². The largest absolute Gasteiger partial charge is 0.378 e. The van der Waals surface area contributed by atoms with Crippen LogP contribution in [0, 0.1) is 0 Å². The fourth-order valence-corrected chi connectivity index (χ4v) is 2.89. The van der Waals surface area contributed by atoms with E-state index in [-0.39, 0.29) is 24.5 Å². The lowest BCUT2D eigenvalue weighted by atomic mass is 10.3. The maximum atomic E-state index is 11.8. The van der Waals surface area contributed by atoms with E-state index < -0.39 is 10.0 Å². The van der Waals surface area contributed by atoms with Crippen LogP contribution in [0.5, 0.6) is 0 Å². The first-order chi connectivity index (χ1) is 6.92. The fraction of sp³-hybridized carbons (Fsp3) is 1.00. The van der Waals surface area contributed by atoms with Crippen molar-refractivity contribution < 1.29 is 13.2 Å². The van der Waals surface area contributed by atoms with Crippen LogP contribution in [0.25, 0.3) is 0 Å². The first-order valence-corrected chi connectivity index (χ1v) is 6.88. The van der Waals surface area contributed by atoms with Crippen molar-refractivity contribution in [1.29, 1.82) is 0 Å². The van der Waals surface area contributed by atoms with Crippen LogP contribution in [-0.2, 0) is 14.8 Å². The summed E-state index contributed by atoms with van der Waals surface area (Å²) in [6.45, 7) is 5.03. The lowest BCUT2D eigenvalue weighted by molar-refractivity contribution is 0.0907. The zero-order valence-corrected chi connectivity index (χ0v) is 10.2. The summed E-state index contributed by atoms with van der Waals surface area (Å²) >= 11 is 0. The highest BCUT2D eigenvalue weighted by Gasteiger charge is 2.29. The summed E-state index contributed by atoms with van der Waals surface area (Å²) in [5, 5.41) is 0. The van der Waals surface area contributed by atoms with E-state index in [0.29, 0.717) is 13.1 Å². The van der Waals surface area contributed by atoms with Gasteiger partial charge in [0.1, 0.15) is 0 Å². The van der Waals surface area contributed by atoms with Crippen molar-refractivity contribution in [2.24, 2.45) is 5.73 Å². The Bertz CT molecular complexity index is 290. The topological polar surface area (TPSA) is 72.6 Å². The molecule has 0 saturated carbocycles. The average molecular weight is 236 g/mol. The third-order valence-corrected chi connectivity index (χ3v) is 4.17. The minimum atomic E-state index is -3.16. The van der Waals surface area contributed by atoms with Gasteiger partial charge in [-0.1, -0.05) is 0 Å². The summed E-state index contributed by atoms with van der Waals surface area (Å²) < 4.78 is 30.2. The van der Waals surface area contributed by atoms with Crippen LogP contribution < -0.4 is 5.73 Å². The van der Waals surface area contributed by atoms with Crippen LogP contribution in [0.3, 0.4) is 0 Å². The molecule has 1 rings (SSSR count). The van der Waals surface area contributed by atoms with E-state index in [2.05, 4.69) is 0 Å². The van der Waals surface area contributed by atoms with Crippen LogP contribution in [0.2, 0.25) is 0 Å². The second kappa shape index (κ2) is 5.25. The Morgan fingerprint density at radius 1 is 1.53 bits per heavy atom. The van der Waals surface area contributed by atoms with Crippen LogP contribution in [0.4, 0.5) is 0 Å². The summed E-state index contributed by atoms with van der Waals surface area (Å²) in [6.07, 6.45) is 0.825. The number of sulfonamides is 1. The van der Waals surface area contributed by atoms with Crippen molar-refractivity contribution in [2.45, 2.75) is 32.4 Å². The van der Waals surface area contributed by atoms with Gasteiger partial charge in [-0.3, -0.25) is 0 Å². The molecule has 0 aliphatic carbocycles. The number of rotatable bonds is 5. The van der Waals surface area contributed by atoms with Gasteiger partial charge >= 0.3 is 0 Å². The summed E-state index contributed by atoms with van der Waals surface area (Å²) in [6, 6.07) is -0.00853. The molecule has 15 heavy (non-hydrogen) atoms. The Labute approximate surface area is 91.6 Å². The molecule has 1 saturated heterocycles. The second-order valence-electron chi connectivity index (χ2n) is 4.14. The van der Waals surface area contributed by atoms with Crippen molar-refractivity contribution in [3.63, 3.8) is 0 Å². The van der Waals surface area contributed by atoms with Gasteiger partial charge in [-0.05, 0) is 20.3 Å². The van der Waals surface area contributed by atoms with E-state index in [9.17, 15) is 8.42 Å². The first kappa shape index (κ1) is 12.9. The maximum absolute atomic E-state index is 11.8. The summed E-state index contributed by atoms with van der Waals surface area (Å²) in [5.41, 5.74) is 5.66. The highest BCUT2D eigenvalue weighted by molar-refractivity contribution is 7.89. The number of hydrogen-bond acceptors (Lipinski definition) is 4. The van der Waals surface area contributed by atoms with Gasteiger partial charge in [-0.25, -0.2) is 12.7 Å². The molecule has 2 N–H and O–H groups in total. The molecule has 0 aromatic carbocycles. The number of nitrogens with zero attached hydrogens (tertiary/aromatic N) is 1. The van der Waals surface area contributed by atoms with E-state index in [1.807, 2.05) is 13.8 Å². The number of hydrogen-bond donors (Lipinski definition) is 1. The molecule has 6 heteroatoms. The molecular weight excluding hydrogens is 216 g/mol. The van der Waals surface area contributed by atoms with Gasteiger partial charge in [0.25, 0.3) is 0 Å². The fourth-order valence-electron chi connectivity index (χ4n) is 1.52. The molecule has 5 nitrogen and oxygen atoms in total. The predicted molar refractivity (Wildman–Crippen MR) is 59.0 cm³/mol. The van der Waals surface area contributed by atoms with Crippen molar-refractivity contribution >= 4 is 10.0 Å². The molecule has 1 heterocycles. The van der Waals surface area contributed by atoms with Crippen molar-refractivity contribution in [1.82, 2.24) is 4.31 Å². The zero-order valence-electron chi connectivity index (χ0n) is 9.35. The van der Waals surface area contributed by atoms with E-state index in [1.165, 1.54) is 4.31 Å². The van der Waals surface area contributed by atoms with Crippen LogP contribution in [0.15, 0.2) is 0 Å². The van der Waals surface area contributed by atoms with Gasteiger partial charge in [-0.15, -0.1) is 0 Å². The summed E-state index contributed by atoms with van der Waals surface area (Å²) in [7, 11) is -3.16. The third-order valence-electron chi connectivity index (χ3n) is 2.37. The number of nitrogens with two attached hydrogens (primary N) is 1. The molecule has 0 amide bonds. The van der Waals surface area contributed by atoms with Crippen molar-refractivity contribution in [2.75, 3.05) is 25.4 Å². The smallest absolute Gasteiger partial charge is 0.216 e. The van der Waals surface area contributed by atoms with Crippen LogP contribution in [-0.4, -0.2) is 50.3 Å². The van der Waals surface area contributed by atoms with Gasteiger partial charge in [0.2, 0.25) is 10.0 Å². The second-order valence-corrected chi connectivity index (χ2v) is 6.23. The van der Waals surface area contributed by atoms with Gasteiger partial charge in [0, 0.05) is 19.1 Å². The minimum absolute atomic E-state index is 0.00853. The van der Waals surface area contributed by atoms with E-state index in [1.54, 1.807) is 0 Å². The highest BCUT2D eigenvalue weighted by Crippen LogP contribution is 2.12. The van der Waals surface area contributed by atoms with Crippen molar-refractivity contribution in [3.8, 4) is 0 Å². The Morgan fingerprint density at radius 2 is 2.20 bits per heavy atom. The first-order valence-electron chi connectivity index (χ1n) is 5.27. The molecule has 1 atom stereocenters. The summed E-state index contributed by atoms with van der Waals surface area (Å²) in [5.74, 6) is 0.0535. The predicted octanol–water partition coefficient (Wildman–Crippen LogP) is -0.226. The molecule has 0 radical (unpaired) electrons. The average Bonchev–Trinajstić information content (AvgIpc) is 2.51. The zero-order chi connectivity index (χ0) is 11.5. The lowest BCUT2D eigenvalue weighted by Crippen LogP contribution is -2.35. The van der Waals surface area contributed by atoms with E-state index >= 15 is 0 Å². The Hall–Kier alpha value is -0.170. The Kier molecular flexibility index (Phi) is 4.51. The van der Waals surface area contributed by atoms with Crippen molar-refractivity contribution in [3.05, 3.63) is 0 Å². The van der Waals surface area contributed by atoms with E-state index in [4.69, 9.17) is 10.5 Å². The molecule has 1 aliphatic rings. The molecule has 1 fully saturated rings. The highest BCUT2D eigenvalue weighted by atomic mass is 32.2. The normalized spacial score (nSPS) is 23.9. The SMILES string of the molecule is CC(C)OCCS(=O)(=O)N1CC[C@@H](N)C1. The summed E-state index contributed by atoms with van der Waals surface area (Å²) in [4.78, 5) is 0. The maximum Gasteiger partial charge on any atom is 0.216 e. The van der Waals surface area contributed by atoms with Gasteiger partial charge < -0.3 is 10.5 Å². The van der Waals surface area contributed by atoms with Gasteiger partial charge in [-0.2, -0.15) is 0 Å². The standard InChI is InChI=1S/C9H20N2O3S/c1-8(2)14-5-6-15(12,13)11-4-3-9(10)7-11/h8-9H,3-7,10H2,1-2H3/t9-/m1/s1. The number of ether oxygens (including phenoxy) is 1. The molecular formula is C9H20N2O3S. The molecule has 0 bridgehead atoms. The third kappa shape index (κ3) is 4.06. The van der Waals surface area contributed by atoms with E-state index in [0.717, 1.165) is 6.42 Å². The van der Waals surface area contributed by atoms with Crippen LogP contribution in [0.1, 0.15) is 20.3 Å². The lowest BCUT2D eigenvalue weighted by Gasteiger charge is -2.16. The monoisotopic (exact) mass is 236 g/mol. The Balaban J connectivity index is 2.38. The van der Waals surface area contributed by atoms with Gasteiger partial charge in [0.15, 0.2) is 0 Å². The van der Waals surface area contributed by atoms with Crippen LogP contribution >= 0.6 is 0 Å². The Morgan fingerprint density at radius 3 is 2.67 bits per heavy atom. The molecule has 90 valence electrons. The molecule has 0 unspecified atom stereocenters. The quantitative estimate of drug-likeness (QED) is 0.716. The molecule has 1 aliphatic heterocycles.